The maximum Gasteiger partial charge on any atom is 0.409 e. The van der Waals surface area contributed by atoms with Crippen molar-refractivity contribution < 1.29 is 14.6 Å². The lowest BCUT2D eigenvalue weighted by Crippen LogP contribution is -2.48. The van der Waals surface area contributed by atoms with Gasteiger partial charge in [0.15, 0.2) is 0 Å². The minimum atomic E-state index is -0.263. The summed E-state index contributed by atoms with van der Waals surface area (Å²) in [7, 11) is 1.43. The van der Waals surface area contributed by atoms with E-state index in [0.717, 1.165) is 36.8 Å². The number of carbonyl (C=O) groups excluding carboxylic acids is 1. The van der Waals surface area contributed by atoms with E-state index in [1.807, 2.05) is 24.1 Å². The molecule has 5 heteroatoms. The summed E-state index contributed by atoms with van der Waals surface area (Å²) in [5, 5.41) is 9.69. The molecule has 1 aliphatic heterocycles. The third-order valence-electron chi connectivity index (χ3n) is 5.77. The van der Waals surface area contributed by atoms with E-state index in [4.69, 9.17) is 4.74 Å². The van der Waals surface area contributed by atoms with Crippen LogP contribution in [0.25, 0.3) is 0 Å². The second kappa shape index (κ2) is 7.45. The van der Waals surface area contributed by atoms with Gasteiger partial charge in [0, 0.05) is 48.5 Å². The Kier molecular flexibility index (Phi) is 5.29. The predicted octanol–water partition coefficient (Wildman–Crippen LogP) is 2.75. The van der Waals surface area contributed by atoms with Gasteiger partial charge in [0.05, 0.1) is 7.11 Å². The van der Waals surface area contributed by atoms with E-state index in [0.29, 0.717) is 13.0 Å². The molecule has 1 saturated heterocycles. The van der Waals surface area contributed by atoms with Crippen molar-refractivity contribution in [2.24, 2.45) is 11.3 Å². The lowest BCUT2D eigenvalue weighted by atomic mass is 9.62. The Bertz CT molecular complexity index is 694. The van der Waals surface area contributed by atoms with Gasteiger partial charge in [-0.25, -0.2) is 4.79 Å². The van der Waals surface area contributed by atoms with E-state index in [1.165, 1.54) is 7.11 Å². The van der Waals surface area contributed by atoms with Crippen LogP contribution in [-0.2, 0) is 4.74 Å². The molecule has 0 aromatic carbocycles. The summed E-state index contributed by atoms with van der Waals surface area (Å²) >= 11 is 0. The molecule has 0 bridgehead atoms. The molecular formula is C20H26N2O3. The Hall–Kier alpha value is -2.06. The first-order valence-corrected chi connectivity index (χ1v) is 8.99. The highest BCUT2D eigenvalue weighted by Gasteiger charge is 2.54. The number of aliphatic hydroxyl groups is 1. The minimum Gasteiger partial charge on any atom is -0.453 e. The Morgan fingerprint density at radius 1 is 1.48 bits per heavy atom. The normalized spacial score (nSPS) is 28.0. The van der Waals surface area contributed by atoms with Crippen molar-refractivity contribution >= 4 is 6.09 Å². The molecule has 2 fully saturated rings. The number of likely N-dealkylation sites (tertiary alicyclic amines) is 1. The zero-order valence-electron chi connectivity index (χ0n) is 15.0. The maximum atomic E-state index is 12.1. The van der Waals surface area contributed by atoms with Crippen molar-refractivity contribution in [2.75, 3.05) is 20.3 Å². The van der Waals surface area contributed by atoms with Crippen molar-refractivity contribution in [3.05, 3.63) is 29.6 Å². The van der Waals surface area contributed by atoms with E-state index in [1.54, 1.807) is 6.20 Å². The molecule has 3 rings (SSSR count). The molecule has 1 amide bonds. The maximum absolute atomic E-state index is 12.1. The number of aryl methyl sites for hydroxylation is 1. The monoisotopic (exact) mass is 342 g/mol. The Labute approximate surface area is 149 Å². The molecule has 2 aliphatic rings. The van der Waals surface area contributed by atoms with Crippen LogP contribution < -0.4 is 0 Å². The first kappa shape index (κ1) is 17.8. The number of amides is 1. The Morgan fingerprint density at radius 3 is 3.04 bits per heavy atom. The summed E-state index contributed by atoms with van der Waals surface area (Å²) in [6, 6.07) is 2.14. The largest absolute Gasteiger partial charge is 0.453 e. The van der Waals surface area contributed by atoms with Gasteiger partial charge in [-0.1, -0.05) is 18.3 Å². The number of carbonyl (C=O) groups is 1. The zero-order chi connectivity index (χ0) is 17.9. The van der Waals surface area contributed by atoms with Crippen LogP contribution in [0.1, 0.15) is 43.2 Å². The first-order valence-electron chi connectivity index (χ1n) is 8.99. The average molecular weight is 342 g/mol. The average Bonchev–Trinajstić information content (AvgIpc) is 2.99. The Balaban J connectivity index is 1.90. The van der Waals surface area contributed by atoms with E-state index in [9.17, 15) is 9.90 Å². The predicted molar refractivity (Wildman–Crippen MR) is 94.8 cm³/mol. The lowest BCUT2D eigenvalue weighted by molar-refractivity contribution is 0.0382. The topological polar surface area (TPSA) is 62.7 Å². The van der Waals surface area contributed by atoms with Gasteiger partial charge in [0.2, 0.25) is 0 Å². The van der Waals surface area contributed by atoms with Crippen molar-refractivity contribution in [3.8, 4) is 11.8 Å². The molecule has 3 unspecified atom stereocenters. The highest BCUT2D eigenvalue weighted by molar-refractivity contribution is 5.68. The quantitative estimate of drug-likeness (QED) is 0.840. The smallest absolute Gasteiger partial charge is 0.409 e. The van der Waals surface area contributed by atoms with Gasteiger partial charge in [0.25, 0.3) is 0 Å². The summed E-state index contributed by atoms with van der Waals surface area (Å²) in [4.78, 5) is 18.2. The third-order valence-corrected chi connectivity index (χ3v) is 5.77. The van der Waals surface area contributed by atoms with Crippen LogP contribution >= 0.6 is 0 Å². The zero-order valence-corrected chi connectivity index (χ0v) is 15.0. The fourth-order valence-electron chi connectivity index (χ4n) is 4.63. The first-order chi connectivity index (χ1) is 12.1. The second-order valence-electron chi connectivity index (χ2n) is 7.14. The van der Waals surface area contributed by atoms with Crippen LogP contribution in [0.4, 0.5) is 4.79 Å². The van der Waals surface area contributed by atoms with E-state index < -0.39 is 0 Å². The SMILES string of the molecule is COC(=O)N1CCC2(CCO)C(C#Cc3cncc(C)c3)CCCC12. The number of ether oxygens (including phenoxy) is 1. The second-order valence-corrected chi connectivity index (χ2v) is 7.14. The molecule has 25 heavy (non-hydrogen) atoms. The number of aliphatic hydroxyl groups excluding tert-OH is 1. The summed E-state index contributed by atoms with van der Waals surface area (Å²) in [5.74, 6) is 6.91. The van der Waals surface area contributed by atoms with Gasteiger partial charge in [-0.05, 0) is 44.2 Å². The molecule has 0 spiro atoms. The summed E-state index contributed by atoms with van der Waals surface area (Å²) < 4.78 is 4.96. The molecule has 1 N–H and O–H groups in total. The molecular weight excluding hydrogens is 316 g/mol. The third kappa shape index (κ3) is 3.36. The molecule has 1 aromatic rings. The van der Waals surface area contributed by atoms with Crippen molar-refractivity contribution in [1.29, 1.82) is 0 Å². The van der Waals surface area contributed by atoms with Gasteiger partial charge in [-0.2, -0.15) is 0 Å². The standard InChI is InChI=1S/C20H26N2O3/c1-15-12-16(14-21-13-15)6-7-17-4-3-5-18-20(17,9-11-23)8-10-22(18)19(24)25-2/h12-14,17-18,23H,3-5,8-11H2,1-2H3. The fourth-order valence-corrected chi connectivity index (χ4v) is 4.63. The van der Waals surface area contributed by atoms with Gasteiger partial charge in [-0.15, -0.1) is 0 Å². The molecule has 1 aliphatic carbocycles. The van der Waals surface area contributed by atoms with Crippen LogP contribution in [0.5, 0.6) is 0 Å². The van der Waals surface area contributed by atoms with E-state index >= 15 is 0 Å². The molecule has 5 nitrogen and oxygen atoms in total. The number of methoxy groups -OCH3 is 1. The van der Waals surface area contributed by atoms with Gasteiger partial charge in [0.1, 0.15) is 0 Å². The molecule has 1 aromatic heterocycles. The molecule has 3 atom stereocenters. The number of nitrogens with zero attached hydrogens (tertiary/aromatic N) is 2. The minimum absolute atomic E-state index is 0.107. The number of hydrogen-bond donors (Lipinski definition) is 1. The molecule has 1 saturated carbocycles. The highest BCUT2D eigenvalue weighted by Crippen LogP contribution is 2.52. The van der Waals surface area contributed by atoms with Gasteiger partial charge in [-0.3, -0.25) is 4.98 Å². The lowest BCUT2D eigenvalue weighted by Gasteiger charge is -2.45. The highest BCUT2D eigenvalue weighted by atomic mass is 16.5. The summed E-state index contributed by atoms with van der Waals surface area (Å²) in [6.07, 6.45) is 7.90. The number of aromatic nitrogens is 1. The molecule has 2 heterocycles. The summed E-state index contributed by atoms with van der Waals surface area (Å²) in [6.45, 7) is 2.81. The van der Waals surface area contributed by atoms with Gasteiger partial charge >= 0.3 is 6.09 Å². The van der Waals surface area contributed by atoms with Crippen molar-refractivity contribution in [1.82, 2.24) is 9.88 Å². The fraction of sp³-hybridized carbons (Fsp3) is 0.600. The van der Waals surface area contributed by atoms with Crippen LogP contribution in [-0.4, -0.2) is 47.4 Å². The van der Waals surface area contributed by atoms with Crippen LogP contribution in [0, 0.1) is 30.1 Å². The summed E-state index contributed by atoms with van der Waals surface area (Å²) in [5.41, 5.74) is 1.88. The number of fused-ring (bicyclic) bond motifs is 1. The van der Waals surface area contributed by atoms with E-state index in [-0.39, 0.29) is 30.1 Å². The van der Waals surface area contributed by atoms with Crippen LogP contribution in [0.2, 0.25) is 0 Å². The number of pyridine rings is 1. The molecule has 0 radical (unpaired) electrons. The van der Waals surface area contributed by atoms with Crippen molar-refractivity contribution in [2.45, 2.75) is 45.1 Å². The van der Waals surface area contributed by atoms with Crippen LogP contribution in [0.15, 0.2) is 18.5 Å². The number of hydrogen-bond acceptors (Lipinski definition) is 4. The van der Waals surface area contributed by atoms with Gasteiger partial charge < -0.3 is 14.7 Å². The van der Waals surface area contributed by atoms with Crippen LogP contribution in [0.3, 0.4) is 0 Å². The van der Waals surface area contributed by atoms with Crippen molar-refractivity contribution in [3.63, 3.8) is 0 Å². The number of rotatable bonds is 2. The molecule has 134 valence electrons. The Morgan fingerprint density at radius 2 is 2.32 bits per heavy atom. The van der Waals surface area contributed by atoms with E-state index in [2.05, 4.69) is 16.8 Å².